The van der Waals surface area contributed by atoms with E-state index in [1.807, 2.05) is 80.3 Å². The number of carbonyl (C=O) groups excluding carboxylic acids is 2. The average molecular weight is 755 g/mol. The van der Waals surface area contributed by atoms with Crippen molar-refractivity contribution in [1.82, 2.24) is 9.80 Å². The second-order valence-electron chi connectivity index (χ2n) is 14.1. The van der Waals surface area contributed by atoms with E-state index >= 15 is 0 Å². The van der Waals surface area contributed by atoms with Gasteiger partial charge in [-0.15, -0.1) is 0 Å². The summed E-state index contributed by atoms with van der Waals surface area (Å²) in [5.74, 6) is 3.03. The number of nitrogens with zero attached hydrogens (tertiary/aromatic N) is 4. The Morgan fingerprint density at radius 2 is 1.21 bits per heavy atom. The normalized spacial score (nSPS) is 19.2. The Labute approximate surface area is 325 Å². The van der Waals surface area contributed by atoms with Gasteiger partial charge in [-0.2, -0.15) is 0 Å². The zero-order chi connectivity index (χ0) is 39.0. The van der Waals surface area contributed by atoms with Gasteiger partial charge in [0.2, 0.25) is 0 Å². The lowest BCUT2D eigenvalue weighted by Gasteiger charge is -2.29. The van der Waals surface area contributed by atoms with E-state index in [4.69, 9.17) is 38.4 Å². The molecule has 0 spiro atoms. The number of rotatable bonds is 12. The summed E-state index contributed by atoms with van der Waals surface area (Å²) in [4.78, 5) is 40.7. The van der Waals surface area contributed by atoms with Gasteiger partial charge in [0.05, 0.1) is 75.7 Å². The molecule has 286 valence electrons. The van der Waals surface area contributed by atoms with Crippen molar-refractivity contribution < 1.29 is 38.0 Å². The minimum atomic E-state index is -0.637. The summed E-state index contributed by atoms with van der Waals surface area (Å²) in [7, 11) is 6.36. The van der Waals surface area contributed by atoms with Crippen LogP contribution in [0.4, 0.5) is 11.4 Å². The van der Waals surface area contributed by atoms with Crippen LogP contribution in [0.15, 0.2) is 95.2 Å². The first-order valence-corrected chi connectivity index (χ1v) is 18.4. The van der Waals surface area contributed by atoms with E-state index in [1.54, 1.807) is 62.5 Å². The Bertz CT molecular complexity index is 2310. The molecule has 4 aliphatic rings. The van der Waals surface area contributed by atoms with Crippen LogP contribution in [0.5, 0.6) is 34.5 Å². The Balaban J connectivity index is 0.917. The van der Waals surface area contributed by atoms with Crippen LogP contribution >= 0.6 is 0 Å². The van der Waals surface area contributed by atoms with Gasteiger partial charge >= 0.3 is 0 Å². The van der Waals surface area contributed by atoms with E-state index < -0.39 is 5.54 Å². The number of carbonyl (C=O) groups is 2. The van der Waals surface area contributed by atoms with E-state index in [-0.39, 0.29) is 17.9 Å². The lowest BCUT2D eigenvalue weighted by atomic mass is 9.93. The number of hydrogen-bond donors (Lipinski definition) is 0. The molecule has 2 amide bonds. The second kappa shape index (κ2) is 14.9. The van der Waals surface area contributed by atoms with Gasteiger partial charge in [0.25, 0.3) is 11.8 Å². The average Bonchev–Trinajstić information content (AvgIpc) is 3.77. The van der Waals surface area contributed by atoms with E-state index in [0.29, 0.717) is 78.0 Å². The Morgan fingerprint density at radius 1 is 0.661 bits per heavy atom. The van der Waals surface area contributed by atoms with E-state index in [2.05, 4.69) is 0 Å². The minimum absolute atomic E-state index is 0.158. The van der Waals surface area contributed by atoms with Crippen LogP contribution in [0.25, 0.3) is 11.1 Å². The van der Waals surface area contributed by atoms with Crippen LogP contribution < -0.4 is 28.4 Å². The molecule has 0 saturated heterocycles. The van der Waals surface area contributed by atoms with Crippen LogP contribution in [0.3, 0.4) is 0 Å². The number of hydrogen-bond acceptors (Lipinski definition) is 10. The quantitative estimate of drug-likeness (QED) is 0.134. The molecule has 0 aliphatic carbocycles. The fourth-order valence-electron chi connectivity index (χ4n) is 7.44. The number of fused-ring (bicyclic) bond motifs is 4. The molecule has 0 saturated carbocycles. The monoisotopic (exact) mass is 754 g/mol. The molecule has 0 unspecified atom stereocenters. The highest BCUT2D eigenvalue weighted by Crippen LogP contribution is 2.44. The molecule has 0 fully saturated rings. The highest BCUT2D eigenvalue weighted by atomic mass is 16.5. The van der Waals surface area contributed by atoms with E-state index in [9.17, 15) is 9.59 Å². The third kappa shape index (κ3) is 6.71. The number of aliphatic imine (C=N–C) groups is 2. The molecule has 4 aliphatic heterocycles. The summed E-state index contributed by atoms with van der Waals surface area (Å²) in [5, 5.41) is 0. The fourth-order valence-corrected chi connectivity index (χ4v) is 7.44. The van der Waals surface area contributed by atoms with E-state index in [1.165, 1.54) is 0 Å². The Hall–Kier alpha value is -6.56. The van der Waals surface area contributed by atoms with Gasteiger partial charge in [0.1, 0.15) is 11.5 Å². The van der Waals surface area contributed by atoms with Gasteiger partial charge in [-0.25, -0.2) is 0 Å². The summed E-state index contributed by atoms with van der Waals surface area (Å²) < 4.78 is 34.2. The van der Waals surface area contributed by atoms with Gasteiger partial charge in [0, 0.05) is 56.2 Å². The van der Waals surface area contributed by atoms with Crippen LogP contribution in [0.1, 0.15) is 58.0 Å². The molecule has 8 rings (SSSR count). The van der Waals surface area contributed by atoms with Gasteiger partial charge < -0.3 is 38.2 Å². The first-order valence-electron chi connectivity index (χ1n) is 18.4. The van der Waals surface area contributed by atoms with Crippen molar-refractivity contribution in [2.24, 2.45) is 9.98 Å². The predicted molar refractivity (Wildman–Crippen MR) is 214 cm³/mol. The third-order valence-electron chi connectivity index (χ3n) is 10.5. The van der Waals surface area contributed by atoms with Crippen LogP contribution in [0, 0.1) is 0 Å². The fraction of sp³-hybridized carbons (Fsp3) is 0.273. The molecule has 0 aromatic heterocycles. The molecule has 12 nitrogen and oxygen atoms in total. The number of methoxy groups -OCH3 is 4. The van der Waals surface area contributed by atoms with Crippen LogP contribution in [-0.2, 0) is 0 Å². The van der Waals surface area contributed by atoms with Gasteiger partial charge in [-0.3, -0.25) is 19.6 Å². The summed E-state index contributed by atoms with van der Waals surface area (Å²) in [6.45, 7) is 2.61. The second-order valence-corrected chi connectivity index (χ2v) is 14.1. The third-order valence-corrected chi connectivity index (χ3v) is 10.5. The lowest BCUT2D eigenvalue weighted by Crippen LogP contribution is -2.43. The predicted octanol–water partition coefficient (Wildman–Crippen LogP) is 7.90. The molecule has 4 aromatic carbocycles. The summed E-state index contributed by atoms with van der Waals surface area (Å²) in [5.41, 5.74) is 5.38. The smallest absolute Gasteiger partial charge is 0.260 e. The molecule has 2 atom stereocenters. The molecule has 4 heterocycles. The number of ether oxygens (including phenoxy) is 6. The molecule has 0 N–H and O–H groups in total. The van der Waals surface area contributed by atoms with Crippen molar-refractivity contribution in [2.45, 2.75) is 37.8 Å². The maximum Gasteiger partial charge on any atom is 0.260 e. The largest absolute Gasteiger partial charge is 0.497 e. The van der Waals surface area contributed by atoms with Crippen LogP contribution in [-0.4, -0.2) is 87.3 Å². The van der Waals surface area contributed by atoms with Gasteiger partial charge in [-0.1, -0.05) is 24.3 Å². The zero-order valence-electron chi connectivity index (χ0n) is 31.9. The molecular weight excluding hydrogens is 713 g/mol. The van der Waals surface area contributed by atoms with Crippen molar-refractivity contribution >= 4 is 46.8 Å². The SMILES string of the molecule is COc1ccc(C2=CN3C(=O)c4cc(OC)c(OCCCOc5cc6c(cc5OC)C(=O)N5C=C(c7ccc(OC)cc7)C[C@@]5(C)C=N6)cc4N=C[C@@H]3C2)cc1. The minimum Gasteiger partial charge on any atom is -0.497 e. The molecule has 12 heteroatoms. The highest BCUT2D eigenvalue weighted by Gasteiger charge is 2.42. The first-order chi connectivity index (χ1) is 27.2. The maximum absolute atomic E-state index is 14.0. The lowest BCUT2D eigenvalue weighted by molar-refractivity contribution is 0.0762. The molecule has 56 heavy (non-hydrogen) atoms. The topological polar surface area (TPSA) is 121 Å². The van der Waals surface area contributed by atoms with Crippen molar-refractivity contribution in [3.05, 3.63) is 107 Å². The van der Waals surface area contributed by atoms with E-state index in [0.717, 1.165) is 33.8 Å². The number of amides is 2. The molecule has 0 bridgehead atoms. The van der Waals surface area contributed by atoms with Gasteiger partial charge in [0.15, 0.2) is 23.0 Å². The Morgan fingerprint density at radius 3 is 1.79 bits per heavy atom. The molecular formula is C44H42N4O8. The summed E-state index contributed by atoms with van der Waals surface area (Å²) in [6, 6.07) is 22.3. The zero-order valence-corrected chi connectivity index (χ0v) is 31.9. The highest BCUT2D eigenvalue weighted by molar-refractivity contribution is 6.07. The van der Waals surface area contributed by atoms with Crippen LogP contribution in [0.2, 0.25) is 0 Å². The maximum atomic E-state index is 14.0. The van der Waals surface area contributed by atoms with Gasteiger partial charge in [-0.05, 0) is 65.6 Å². The molecule has 4 aromatic rings. The van der Waals surface area contributed by atoms with Crippen molar-refractivity contribution in [1.29, 1.82) is 0 Å². The molecule has 0 radical (unpaired) electrons. The summed E-state index contributed by atoms with van der Waals surface area (Å²) >= 11 is 0. The first kappa shape index (κ1) is 36.4. The summed E-state index contributed by atoms with van der Waals surface area (Å²) in [6.07, 6.45) is 9.23. The Kier molecular flexibility index (Phi) is 9.71. The van der Waals surface area contributed by atoms with Crippen molar-refractivity contribution in [2.75, 3.05) is 41.7 Å². The number of benzene rings is 4. The van der Waals surface area contributed by atoms with Crippen molar-refractivity contribution in [3.8, 4) is 34.5 Å². The standard InChI is InChI=1S/C44H42N4O8/c1-44-22-30(28-9-13-33(52-3)14-10-28)25-48(44)43(50)35-19-39(54-5)41(21-37(35)46-26-44)56-16-6-15-55-40-20-36-34(18-38(40)53-4)42(49)47-24-29(17-31(47)23-45-36)27-7-11-32(51-2)12-8-27/h7-14,18-21,23-26,31H,6,15-17,22H2,1-5H3/t31-,44-/m0/s1. The van der Waals surface area contributed by atoms with Crippen molar-refractivity contribution in [3.63, 3.8) is 0 Å².